The summed E-state index contributed by atoms with van der Waals surface area (Å²) < 4.78 is 11.2. The smallest absolute Gasteiger partial charge is 0.193 e. The second-order valence-electron chi connectivity index (χ2n) is 8.07. The molecule has 0 aliphatic carbocycles. The van der Waals surface area contributed by atoms with E-state index >= 15 is 0 Å². The lowest BCUT2D eigenvalue weighted by molar-refractivity contribution is 0.0203. The van der Waals surface area contributed by atoms with Crippen molar-refractivity contribution in [2.75, 3.05) is 72.7 Å². The summed E-state index contributed by atoms with van der Waals surface area (Å²) in [5.74, 6) is 2.56. The molecule has 0 radical (unpaired) electrons. The highest BCUT2D eigenvalue weighted by molar-refractivity contribution is 14.0. The number of ether oxygens (including phenoxy) is 2. The lowest BCUT2D eigenvalue weighted by atomic mass is 10.0. The molecule has 0 aromatic heterocycles. The molecule has 3 saturated heterocycles. The minimum atomic E-state index is 0. The van der Waals surface area contributed by atoms with Crippen LogP contribution in [0.1, 0.15) is 38.5 Å². The normalized spacial score (nSPS) is 25.0. The summed E-state index contributed by atoms with van der Waals surface area (Å²) in [4.78, 5) is 9.56. The monoisotopic (exact) mass is 494 g/mol. The third-order valence-corrected chi connectivity index (χ3v) is 5.96. The van der Waals surface area contributed by atoms with Crippen LogP contribution >= 0.6 is 24.0 Å². The highest BCUT2D eigenvalue weighted by atomic mass is 127. The molecule has 1 atom stereocenters. The van der Waals surface area contributed by atoms with Gasteiger partial charge in [-0.3, -0.25) is 4.99 Å². The molecule has 1 N–H and O–H groups in total. The molecule has 27 heavy (non-hydrogen) atoms. The third kappa shape index (κ3) is 8.03. The number of halogens is 1. The molecule has 0 spiro atoms. The predicted octanol–water partition coefficient (Wildman–Crippen LogP) is 2.43. The minimum Gasteiger partial charge on any atom is -0.381 e. The van der Waals surface area contributed by atoms with Gasteiger partial charge in [-0.15, -0.1) is 24.0 Å². The van der Waals surface area contributed by atoms with Crippen molar-refractivity contribution in [3.05, 3.63) is 0 Å². The zero-order valence-corrected chi connectivity index (χ0v) is 19.4. The van der Waals surface area contributed by atoms with Crippen molar-refractivity contribution in [1.82, 2.24) is 15.1 Å². The Morgan fingerprint density at radius 3 is 2.63 bits per heavy atom. The van der Waals surface area contributed by atoms with Crippen molar-refractivity contribution in [3.8, 4) is 0 Å². The summed E-state index contributed by atoms with van der Waals surface area (Å²) in [5, 5.41) is 3.53. The van der Waals surface area contributed by atoms with Crippen molar-refractivity contribution in [2.24, 2.45) is 16.8 Å². The van der Waals surface area contributed by atoms with Gasteiger partial charge in [0.05, 0.1) is 0 Å². The van der Waals surface area contributed by atoms with E-state index in [4.69, 9.17) is 9.47 Å². The van der Waals surface area contributed by atoms with Gasteiger partial charge in [0.2, 0.25) is 0 Å². The lowest BCUT2D eigenvalue weighted by Crippen LogP contribution is -2.41. The van der Waals surface area contributed by atoms with E-state index in [1.807, 2.05) is 7.05 Å². The highest BCUT2D eigenvalue weighted by Crippen LogP contribution is 2.20. The third-order valence-electron chi connectivity index (χ3n) is 5.96. The van der Waals surface area contributed by atoms with Crippen molar-refractivity contribution in [2.45, 2.75) is 38.5 Å². The van der Waals surface area contributed by atoms with E-state index in [9.17, 15) is 0 Å². The number of hydrogen-bond donors (Lipinski definition) is 1. The van der Waals surface area contributed by atoms with Gasteiger partial charge in [-0.2, -0.15) is 0 Å². The second-order valence-corrected chi connectivity index (χ2v) is 8.07. The molecule has 158 valence electrons. The largest absolute Gasteiger partial charge is 0.381 e. The zero-order valence-electron chi connectivity index (χ0n) is 17.0. The van der Waals surface area contributed by atoms with Gasteiger partial charge < -0.3 is 24.6 Å². The SMILES string of the molecule is CN=C(NCCCOCC1CCOCC1)N1CCC(CN2CCCC2)C1.I. The second kappa shape index (κ2) is 13.2. The average Bonchev–Trinajstić information content (AvgIpc) is 3.35. The summed E-state index contributed by atoms with van der Waals surface area (Å²) >= 11 is 0. The van der Waals surface area contributed by atoms with E-state index < -0.39 is 0 Å². The number of rotatable bonds is 8. The maximum Gasteiger partial charge on any atom is 0.193 e. The van der Waals surface area contributed by atoms with E-state index in [1.165, 1.54) is 38.9 Å². The molecule has 0 saturated carbocycles. The van der Waals surface area contributed by atoms with E-state index in [-0.39, 0.29) is 24.0 Å². The molecule has 0 amide bonds. The Labute approximate surface area is 182 Å². The van der Waals surface area contributed by atoms with Crippen LogP contribution in [0.15, 0.2) is 4.99 Å². The number of guanidine groups is 1. The fraction of sp³-hybridized carbons (Fsp3) is 0.950. The van der Waals surface area contributed by atoms with Crippen molar-refractivity contribution < 1.29 is 9.47 Å². The molecule has 3 fully saturated rings. The molecule has 3 heterocycles. The molecule has 3 aliphatic rings. The van der Waals surface area contributed by atoms with Gasteiger partial charge in [-0.25, -0.2) is 0 Å². The Morgan fingerprint density at radius 1 is 1.11 bits per heavy atom. The Kier molecular flexibility index (Phi) is 11.3. The van der Waals surface area contributed by atoms with Crippen LogP contribution in [0, 0.1) is 11.8 Å². The minimum absolute atomic E-state index is 0. The number of nitrogens with one attached hydrogen (secondary N) is 1. The molecule has 3 aliphatic heterocycles. The number of likely N-dealkylation sites (tertiary alicyclic amines) is 2. The van der Waals surface area contributed by atoms with Crippen molar-refractivity contribution >= 4 is 29.9 Å². The molecule has 6 nitrogen and oxygen atoms in total. The molecule has 0 aromatic carbocycles. The van der Waals surface area contributed by atoms with Crippen LogP contribution in [0.5, 0.6) is 0 Å². The quantitative estimate of drug-likeness (QED) is 0.243. The first kappa shape index (κ1) is 23.2. The van der Waals surface area contributed by atoms with Crippen LogP contribution in [0.2, 0.25) is 0 Å². The maximum atomic E-state index is 5.85. The molecule has 7 heteroatoms. The van der Waals surface area contributed by atoms with E-state index in [2.05, 4.69) is 20.1 Å². The van der Waals surface area contributed by atoms with Gasteiger partial charge >= 0.3 is 0 Å². The molecule has 0 bridgehead atoms. The fourth-order valence-electron chi connectivity index (χ4n) is 4.37. The Hall–Kier alpha value is -0.120. The van der Waals surface area contributed by atoms with Gasteiger partial charge in [0.25, 0.3) is 0 Å². The Balaban J connectivity index is 0.00000261. The summed E-state index contributed by atoms with van der Waals surface area (Å²) in [6.45, 7) is 10.6. The zero-order chi connectivity index (χ0) is 18.0. The molecule has 3 rings (SSSR count). The first-order chi connectivity index (χ1) is 12.8. The van der Waals surface area contributed by atoms with Crippen LogP contribution in [-0.4, -0.2) is 88.5 Å². The Bertz CT molecular complexity index is 426. The molecular formula is C20H39IN4O2. The number of aliphatic imine (C=N–C) groups is 1. The van der Waals surface area contributed by atoms with Crippen molar-refractivity contribution in [3.63, 3.8) is 0 Å². The number of nitrogens with zero attached hydrogens (tertiary/aromatic N) is 3. The van der Waals surface area contributed by atoms with Crippen LogP contribution in [0.25, 0.3) is 0 Å². The predicted molar refractivity (Wildman–Crippen MR) is 121 cm³/mol. The molecule has 0 aromatic rings. The van der Waals surface area contributed by atoms with Gasteiger partial charge in [-0.05, 0) is 63.5 Å². The van der Waals surface area contributed by atoms with Gasteiger partial charge in [0.15, 0.2) is 5.96 Å². The van der Waals surface area contributed by atoms with Crippen molar-refractivity contribution in [1.29, 1.82) is 0 Å². The Morgan fingerprint density at radius 2 is 1.89 bits per heavy atom. The molecular weight excluding hydrogens is 455 g/mol. The van der Waals surface area contributed by atoms with E-state index in [0.717, 1.165) is 77.2 Å². The van der Waals surface area contributed by atoms with Crippen LogP contribution < -0.4 is 5.32 Å². The van der Waals surface area contributed by atoms with Crippen LogP contribution in [0.4, 0.5) is 0 Å². The standard InChI is InChI=1S/C20H38N4O2.HI/c1-21-20(22-8-4-12-26-17-18-6-13-25-14-7-18)24-11-5-19(16-24)15-23-9-2-3-10-23;/h18-19H,2-17H2,1H3,(H,21,22);1H. The lowest BCUT2D eigenvalue weighted by Gasteiger charge is -2.23. The first-order valence-corrected chi connectivity index (χ1v) is 10.7. The molecule has 1 unspecified atom stereocenters. The van der Waals surface area contributed by atoms with E-state index in [1.54, 1.807) is 0 Å². The summed E-state index contributed by atoms with van der Waals surface area (Å²) in [6.07, 6.45) is 7.40. The summed E-state index contributed by atoms with van der Waals surface area (Å²) in [7, 11) is 1.90. The highest BCUT2D eigenvalue weighted by Gasteiger charge is 2.27. The number of hydrogen-bond acceptors (Lipinski definition) is 4. The first-order valence-electron chi connectivity index (χ1n) is 10.7. The average molecular weight is 494 g/mol. The maximum absolute atomic E-state index is 5.85. The van der Waals surface area contributed by atoms with Crippen LogP contribution in [-0.2, 0) is 9.47 Å². The van der Waals surface area contributed by atoms with E-state index in [0.29, 0.717) is 5.92 Å². The van der Waals surface area contributed by atoms with Gasteiger partial charge in [-0.1, -0.05) is 0 Å². The van der Waals surface area contributed by atoms with Gasteiger partial charge in [0, 0.05) is 59.7 Å². The fourth-order valence-corrected chi connectivity index (χ4v) is 4.37. The summed E-state index contributed by atoms with van der Waals surface area (Å²) in [6, 6.07) is 0. The topological polar surface area (TPSA) is 49.3 Å². The van der Waals surface area contributed by atoms with Crippen LogP contribution in [0.3, 0.4) is 0 Å². The summed E-state index contributed by atoms with van der Waals surface area (Å²) in [5.41, 5.74) is 0. The van der Waals surface area contributed by atoms with Gasteiger partial charge in [0.1, 0.15) is 0 Å².